The normalized spacial score (nSPS) is 40.8. The van der Waals surface area contributed by atoms with Gasteiger partial charge < -0.3 is 14.6 Å². The molecule has 2 rings (SSSR count). The van der Waals surface area contributed by atoms with E-state index in [1.54, 1.807) is 0 Å². The highest BCUT2D eigenvalue weighted by Crippen LogP contribution is 2.25. The summed E-state index contributed by atoms with van der Waals surface area (Å²) in [5.74, 6) is 0. The van der Waals surface area contributed by atoms with E-state index in [9.17, 15) is 5.11 Å². The van der Waals surface area contributed by atoms with E-state index in [1.165, 1.54) is 6.42 Å². The molecule has 1 heterocycles. The summed E-state index contributed by atoms with van der Waals surface area (Å²) in [6, 6.07) is 0. The molecule has 1 saturated carbocycles. The maximum absolute atomic E-state index is 9.31. The van der Waals surface area contributed by atoms with Crippen molar-refractivity contribution >= 4 is 0 Å². The maximum atomic E-state index is 9.31. The van der Waals surface area contributed by atoms with Gasteiger partial charge in [0.15, 0.2) is 6.29 Å². The van der Waals surface area contributed by atoms with Crippen molar-refractivity contribution in [3.8, 4) is 0 Å². The minimum absolute atomic E-state index is 0.00375. The van der Waals surface area contributed by atoms with E-state index in [4.69, 9.17) is 9.47 Å². The lowest BCUT2D eigenvalue weighted by Crippen LogP contribution is -2.26. The molecular formula is C10H18O3. The van der Waals surface area contributed by atoms with E-state index >= 15 is 0 Å². The summed E-state index contributed by atoms with van der Waals surface area (Å²) in [4.78, 5) is 0. The zero-order valence-corrected chi connectivity index (χ0v) is 7.95. The van der Waals surface area contributed by atoms with Crippen LogP contribution in [0.5, 0.6) is 0 Å². The molecule has 0 aromatic carbocycles. The maximum Gasteiger partial charge on any atom is 0.157 e. The van der Waals surface area contributed by atoms with Crippen molar-refractivity contribution in [1.82, 2.24) is 0 Å². The Morgan fingerprint density at radius 1 is 1.15 bits per heavy atom. The molecule has 0 aromatic rings. The lowest BCUT2D eigenvalue weighted by Gasteiger charge is -2.25. The Kier molecular flexibility index (Phi) is 3.19. The molecule has 1 saturated heterocycles. The first-order chi connectivity index (χ1) is 6.34. The third kappa shape index (κ3) is 2.66. The van der Waals surface area contributed by atoms with Crippen LogP contribution in [0, 0.1) is 0 Å². The number of ether oxygens (including phenoxy) is 2. The highest BCUT2D eigenvalue weighted by Gasteiger charge is 2.27. The zero-order chi connectivity index (χ0) is 9.10. The Labute approximate surface area is 79.0 Å². The molecule has 3 atom stereocenters. The van der Waals surface area contributed by atoms with Crippen LogP contribution < -0.4 is 0 Å². The average molecular weight is 186 g/mol. The third-order valence-electron chi connectivity index (χ3n) is 2.84. The van der Waals surface area contributed by atoms with E-state index < -0.39 is 0 Å². The van der Waals surface area contributed by atoms with Crippen molar-refractivity contribution in [3.63, 3.8) is 0 Å². The van der Waals surface area contributed by atoms with E-state index in [2.05, 4.69) is 0 Å². The van der Waals surface area contributed by atoms with Crippen LogP contribution in [0.3, 0.4) is 0 Å². The molecule has 1 aliphatic carbocycles. The second kappa shape index (κ2) is 4.40. The van der Waals surface area contributed by atoms with Gasteiger partial charge >= 0.3 is 0 Å². The molecule has 0 amide bonds. The van der Waals surface area contributed by atoms with Crippen molar-refractivity contribution in [2.75, 3.05) is 6.61 Å². The van der Waals surface area contributed by atoms with Crippen LogP contribution in [0.1, 0.15) is 38.5 Å². The van der Waals surface area contributed by atoms with Gasteiger partial charge in [-0.25, -0.2) is 0 Å². The highest BCUT2D eigenvalue weighted by molar-refractivity contribution is 4.75. The van der Waals surface area contributed by atoms with Gasteiger partial charge in [0.25, 0.3) is 0 Å². The molecule has 2 aliphatic rings. The van der Waals surface area contributed by atoms with Crippen LogP contribution in [0.25, 0.3) is 0 Å². The summed E-state index contributed by atoms with van der Waals surface area (Å²) >= 11 is 0. The smallest absolute Gasteiger partial charge is 0.157 e. The largest absolute Gasteiger partial charge is 0.393 e. The van der Waals surface area contributed by atoms with Gasteiger partial charge in [-0.1, -0.05) is 0 Å². The fraction of sp³-hybridized carbons (Fsp3) is 1.00. The molecule has 13 heavy (non-hydrogen) atoms. The van der Waals surface area contributed by atoms with Gasteiger partial charge in [0.05, 0.1) is 12.2 Å². The summed E-state index contributed by atoms with van der Waals surface area (Å²) in [7, 11) is 0. The second-order valence-corrected chi connectivity index (χ2v) is 4.02. The first kappa shape index (κ1) is 9.44. The number of aliphatic hydroxyl groups excluding tert-OH is 1. The lowest BCUT2D eigenvalue weighted by molar-refractivity contribution is -0.187. The van der Waals surface area contributed by atoms with Gasteiger partial charge in [-0.2, -0.15) is 0 Å². The van der Waals surface area contributed by atoms with Gasteiger partial charge in [-0.3, -0.25) is 0 Å². The van der Waals surface area contributed by atoms with Crippen LogP contribution in [-0.2, 0) is 9.47 Å². The summed E-state index contributed by atoms with van der Waals surface area (Å²) in [5, 5.41) is 9.31. The molecule has 2 fully saturated rings. The summed E-state index contributed by atoms with van der Waals surface area (Å²) in [6.07, 6.45) is 6.15. The fourth-order valence-corrected chi connectivity index (χ4v) is 2.07. The predicted octanol–water partition coefficient (Wildman–Crippen LogP) is 1.44. The molecule has 0 spiro atoms. The summed E-state index contributed by atoms with van der Waals surface area (Å²) < 4.78 is 11.2. The molecule has 1 N–H and O–H groups in total. The Morgan fingerprint density at radius 3 is 2.69 bits per heavy atom. The lowest BCUT2D eigenvalue weighted by atomic mass is 10.2. The molecule has 76 valence electrons. The van der Waals surface area contributed by atoms with E-state index in [0.717, 1.165) is 38.7 Å². The quantitative estimate of drug-likeness (QED) is 0.709. The molecule has 0 radical (unpaired) electrons. The monoisotopic (exact) mass is 186 g/mol. The zero-order valence-electron chi connectivity index (χ0n) is 7.95. The van der Waals surface area contributed by atoms with Crippen molar-refractivity contribution in [1.29, 1.82) is 0 Å². The fourth-order valence-electron chi connectivity index (χ4n) is 2.07. The van der Waals surface area contributed by atoms with Crippen LogP contribution in [0.2, 0.25) is 0 Å². The van der Waals surface area contributed by atoms with Gasteiger partial charge in [0.1, 0.15) is 0 Å². The molecule has 0 aromatic heterocycles. The number of hydrogen-bond donors (Lipinski definition) is 1. The Morgan fingerprint density at radius 2 is 2.08 bits per heavy atom. The molecule has 1 unspecified atom stereocenters. The van der Waals surface area contributed by atoms with E-state index in [1.807, 2.05) is 0 Å². The molecule has 0 bridgehead atoms. The second-order valence-electron chi connectivity index (χ2n) is 4.02. The van der Waals surface area contributed by atoms with Gasteiger partial charge in [0.2, 0.25) is 0 Å². The minimum atomic E-state index is -0.145. The van der Waals surface area contributed by atoms with Crippen LogP contribution in [0.15, 0.2) is 0 Å². The predicted molar refractivity (Wildman–Crippen MR) is 48.3 cm³/mol. The van der Waals surface area contributed by atoms with Crippen molar-refractivity contribution in [3.05, 3.63) is 0 Å². The van der Waals surface area contributed by atoms with Crippen LogP contribution >= 0.6 is 0 Å². The third-order valence-corrected chi connectivity index (χ3v) is 2.84. The minimum Gasteiger partial charge on any atom is -0.393 e. The highest BCUT2D eigenvalue weighted by atomic mass is 16.7. The van der Waals surface area contributed by atoms with Crippen LogP contribution in [-0.4, -0.2) is 30.2 Å². The molecule has 1 aliphatic heterocycles. The molecule has 3 heteroatoms. The molecular weight excluding hydrogens is 168 g/mol. The first-order valence-electron chi connectivity index (χ1n) is 5.30. The Bertz CT molecular complexity index is 151. The number of rotatable bonds is 2. The standard InChI is InChI=1S/C10H18O3/c11-8-4-5-9(7-8)13-10-3-1-2-6-12-10/h8-11H,1-7H2/t8-,9+,10?/m0/s1. The first-order valence-corrected chi connectivity index (χ1v) is 5.30. The average Bonchev–Trinajstić information content (AvgIpc) is 2.53. The number of hydrogen-bond acceptors (Lipinski definition) is 3. The van der Waals surface area contributed by atoms with Crippen LogP contribution in [0.4, 0.5) is 0 Å². The number of aliphatic hydroxyl groups is 1. The Balaban J connectivity index is 1.71. The van der Waals surface area contributed by atoms with Gasteiger partial charge in [0, 0.05) is 6.61 Å². The van der Waals surface area contributed by atoms with Gasteiger partial charge in [-0.15, -0.1) is 0 Å². The SMILES string of the molecule is O[C@H]1CC[C@@H](OC2CCCCO2)C1. The Hall–Kier alpha value is -0.120. The van der Waals surface area contributed by atoms with Crippen molar-refractivity contribution in [2.24, 2.45) is 0 Å². The molecule has 3 nitrogen and oxygen atoms in total. The van der Waals surface area contributed by atoms with Crippen molar-refractivity contribution in [2.45, 2.75) is 57.0 Å². The van der Waals surface area contributed by atoms with Crippen molar-refractivity contribution < 1.29 is 14.6 Å². The topological polar surface area (TPSA) is 38.7 Å². The van der Waals surface area contributed by atoms with E-state index in [0.29, 0.717) is 0 Å². The van der Waals surface area contributed by atoms with Gasteiger partial charge in [-0.05, 0) is 38.5 Å². The van der Waals surface area contributed by atoms with E-state index in [-0.39, 0.29) is 18.5 Å². The summed E-state index contributed by atoms with van der Waals surface area (Å²) in [6.45, 7) is 0.833. The summed E-state index contributed by atoms with van der Waals surface area (Å²) in [5.41, 5.74) is 0.